The van der Waals surface area contributed by atoms with E-state index >= 15 is 0 Å². The summed E-state index contributed by atoms with van der Waals surface area (Å²) in [6, 6.07) is 0. The Balaban J connectivity index is -0.0000000450. The van der Waals surface area contributed by atoms with Gasteiger partial charge in [0.1, 0.15) is 0 Å². The molecule has 0 unspecified atom stereocenters. The van der Waals surface area contributed by atoms with Crippen LogP contribution in [0.2, 0.25) is 0 Å². The first-order valence-electron chi connectivity index (χ1n) is 0.565. The molecule has 5 heavy (non-hydrogen) atoms. The van der Waals surface area contributed by atoms with Gasteiger partial charge in [0, 0.05) is 0 Å². The van der Waals surface area contributed by atoms with Crippen molar-refractivity contribution < 1.29 is 11.7 Å². The summed E-state index contributed by atoms with van der Waals surface area (Å²) >= 11 is 0. The normalized spacial score (nSPS) is 4.80. The maximum atomic E-state index is 8.36. The van der Waals surface area contributed by atoms with Gasteiger partial charge in [-0.05, 0) is 0 Å². The largest absolute Gasteiger partial charge is 1.00 e. The Morgan fingerprint density at radius 3 is 2.00 bits per heavy atom. The van der Waals surface area contributed by atoms with E-state index < -0.39 is 5.09 Å². The molecule has 0 amide bonds. The zero-order valence-electron chi connectivity index (χ0n) is 2.71. The van der Waals surface area contributed by atoms with Crippen molar-refractivity contribution in [1.82, 2.24) is 0 Å². The molecule has 4 nitrogen and oxygen atoms in total. The summed E-state index contributed by atoms with van der Waals surface area (Å²) in [4.78, 5) is 8.36. The van der Waals surface area contributed by atoms with E-state index in [-0.39, 0.29) is 21.2 Å². The molecule has 0 heterocycles. The van der Waals surface area contributed by atoms with Crippen molar-refractivity contribution in [3.63, 3.8) is 0 Å². The Morgan fingerprint density at radius 1 is 2.00 bits per heavy atom. The van der Waals surface area contributed by atoms with Crippen molar-refractivity contribution in [3.05, 3.63) is 10.1 Å². The van der Waals surface area contributed by atoms with E-state index in [0.29, 0.717) is 0 Å². The summed E-state index contributed by atoms with van der Waals surface area (Å²) in [6.07, 6.45) is 0. The van der Waals surface area contributed by atoms with Gasteiger partial charge < -0.3 is 6.63 Å². The van der Waals surface area contributed by atoms with Crippen LogP contribution in [0, 0.1) is 10.1 Å². The first kappa shape index (κ1) is 8.85. The van der Waals surface area contributed by atoms with Gasteiger partial charge in [0.05, 0.1) is 0 Å². The molecule has 0 radical (unpaired) electrons. The maximum absolute atomic E-state index is 8.36. The molecular formula is H5GaNO3-. The quantitative estimate of drug-likeness (QED) is 0.253. The first-order valence-corrected chi connectivity index (χ1v) is 0.565. The molecule has 0 saturated carbocycles. The van der Waals surface area contributed by atoms with Crippen LogP contribution in [0.25, 0.3) is 0 Å². The third-order valence-corrected chi connectivity index (χ3v) is 0. The van der Waals surface area contributed by atoms with Crippen LogP contribution in [0.5, 0.6) is 0 Å². The number of rotatable bonds is 0. The van der Waals surface area contributed by atoms with Gasteiger partial charge in [0.25, 0.3) is 5.09 Å². The minimum Gasteiger partial charge on any atom is -1.00 e. The van der Waals surface area contributed by atoms with Crippen LogP contribution in [-0.4, -0.2) is 30.1 Å². The van der Waals surface area contributed by atoms with Crippen LogP contribution >= 0.6 is 0 Å². The van der Waals surface area contributed by atoms with E-state index in [2.05, 4.69) is 0 Å². The molecule has 0 rings (SSSR count). The van der Waals surface area contributed by atoms with Gasteiger partial charge in [-0.15, -0.1) is 10.1 Å². The van der Waals surface area contributed by atoms with Crippen LogP contribution in [0.1, 0.15) is 1.43 Å². The molecule has 0 aliphatic rings. The predicted molar refractivity (Wildman–Crippen MR) is 19.8 cm³/mol. The Bertz CT molecular complexity index is 33.8. The van der Waals surface area contributed by atoms with E-state index in [0.717, 1.165) is 0 Å². The van der Waals surface area contributed by atoms with Gasteiger partial charge in [0.15, 0.2) is 0 Å². The monoisotopic (exact) mass is 136 g/mol. The van der Waals surface area contributed by atoms with Gasteiger partial charge in [-0.1, -0.05) is 0 Å². The zero-order valence-corrected chi connectivity index (χ0v) is 1.71. The number of nitrogens with zero attached hydrogens (tertiary/aromatic N) is 1. The second kappa shape index (κ2) is 3.84. The molecular weight excluding hydrogens is 132 g/mol. The Labute approximate surface area is 42.4 Å². The second-order valence-corrected chi connectivity index (χ2v) is 0.238. The average Bonchev–Trinajstić information content (AvgIpc) is 0.811. The van der Waals surface area contributed by atoms with E-state index in [1.165, 1.54) is 0 Å². The molecule has 32 valence electrons. The Hall–Kier alpha value is -0.164. The standard InChI is InChI=1S/Ga.HNO3.4H/c;2-1(3)4;;;;/h;(H,2,3,4);;;;/q;;;;;-1. The molecule has 1 N–H and O–H groups in total. The molecule has 0 aromatic heterocycles. The fraction of sp³-hybridized carbons (Fsp3) is 0. The smallest absolute Gasteiger partial charge is 1.00 e. The molecule has 0 aromatic carbocycles. The molecule has 0 aliphatic heterocycles. The summed E-state index contributed by atoms with van der Waals surface area (Å²) < 4.78 is 0. The van der Waals surface area contributed by atoms with E-state index in [9.17, 15) is 0 Å². The third-order valence-electron chi connectivity index (χ3n) is 0. The molecule has 0 saturated heterocycles. The fourth-order valence-electron chi connectivity index (χ4n) is 0. The topological polar surface area (TPSA) is 63.4 Å². The van der Waals surface area contributed by atoms with E-state index in [4.69, 9.17) is 15.3 Å². The SMILES string of the molecule is O=[N+]([O-])O.[GaH3].[H-]. The van der Waals surface area contributed by atoms with Gasteiger partial charge in [-0.25, -0.2) is 0 Å². The summed E-state index contributed by atoms with van der Waals surface area (Å²) in [6.45, 7) is 0. The van der Waals surface area contributed by atoms with Crippen LogP contribution in [0.4, 0.5) is 0 Å². The summed E-state index contributed by atoms with van der Waals surface area (Å²) in [5.41, 5.74) is 0. The molecule has 0 atom stereocenters. The fourth-order valence-corrected chi connectivity index (χ4v) is 0. The second-order valence-electron chi connectivity index (χ2n) is 0.238. The third kappa shape index (κ3) is 483. The van der Waals surface area contributed by atoms with Crippen LogP contribution in [-0.2, 0) is 0 Å². The van der Waals surface area contributed by atoms with Crippen molar-refractivity contribution in [2.75, 3.05) is 0 Å². The average molecular weight is 137 g/mol. The van der Waals surface area contributed by atoms with Crippen molar-refractivity contribution in [3.8, 4) is 0 Å². The summed E-state index contributed by atoms with van der Waals surface area (Å²) in [5.74, 6) is 0. The van der Waals surface area contributed by atoms with Crippen molar-refractivity contribution >= 4 is 19.8 Å². The summed E-state index contributed by atoms with van der Waals surface area (Å²) in [5, 5.41) is 13.6. The molecule has 5 heteroatoms. The Kier molecular flexibility index (Phi) is 6.79. The van der Waals surface area contributed by atoms with Crippen LogP contribution in [0.15, 0.2) is 0 Å². The number of hydrogen-bond donors (Lipinski definition) is 1. The van der Waals surface area contributed by atoms with E-state index in [1.807, 2.05) is 0 Å². The van der Waals surface area contributed by atoms with Gasteiger partial charge in [-0.3, -0.25) is 0 Å². The summed E-state index contributed by atoms with van der Waals surface area (Å²) in [7, 11) is 0. The molecule has 0 fully saturated rings. The van der Waals surface area contributed by atoms with Crippen molar-refractivity contribution in [2.45, 2.75) is 0 Å². The number of hydrogen-bond acceptors (Lipinski definition) is 2. The minimum atomic E-state index is -1.50. The van der Waals surface area contributed by atoms with Crippen molar-refractivity contribution in [1.29, 1.82) is 0 Å². The van der Waals surface area contributed by atoms with Gasteiger partial charge in [0.2, 0.25) is 0 Å². The first-order chi connectivity index (χ1) is 1.73. The molecule has 0 aromatic rings. The zero-order chi connectivity index (χ0) is 3.58. The Morgan fingerprint density at radius 2 is 2.00 bits per heavy atom. The molecule has 0 bridgehead atoms. The van der Waals surface area contributed by atoms with Crippen LogP contribution < -0.4 is 0 Å². The predicted octanol–water partition coefficient (Wildman–Crippen LogP) is -1.42. The van der Waals surface area contributed by atoms with Crippen molar-refractivity contribution in [2.24, 2.45) is 0 Å². The van der Waals surface area contributed by atoms with E-state index in [1.54, 1.807) is 0 Å². The molecule has 0 aliphatic carbocycles. The van der Waals surface area contributed by atoms with Crippen LogP contribution in [0.3, 0.4) is 0 Å². The minimum absolute atomic E-state index is 0. The maximum Gasteiger partial charge on any atom is -1.00 e. The van der Waals surface area contributed by atoms with Gasteiger partial charge in [-0.2, -0.15) is 0 Å². The van der Waals surface area contributed by atoms with Gasteiger partial charge >= 0.3 is 19.8 Å². The molecule has 0 spiro atoms.